The number of nitrogens with one attached hydrogen (secondary N) is 1. The van der Waals surface area contributed by atoms with Crippen LogP contribution >= 0.6 is 0 Å². The van der Waals surface area contributed by atoms with Gasteiger partial charge in [-0.15, -0.1) is 0 Å². The maximum Gasteiger partial charge on any atom is 0.269 e. The number of amides is 2. The second-order valence-corrected chi connectivity index (χ2v) is 5.40. The van der Waals surface area contributed by atoms with Crippen molar-refractivity contribution < 1.29 is 14.3 Å². The van der Waals surface area contributed by atoms with Crippen LogP contribution in [0.15, 0.2) is 6.33 Å². The van der Waals surface area contributed by atoms with Crippen LogP contribution in [0.1, 0.15) is 22.6 Å². The van der Waals surface area contributed by atoms with E-state index in [1.165, 1.54) is 0 Å². The summed E-state index contributed by atoms with van der Waals surface area (Å²) in [6.45, 7) is 4.13. The summed E-state index contributed by atoms with van der Waals surface area (Å²) in [5.74, 6) is 0.144. The van der Waals surface area contributed by atoms with Gasteiger partial charge in [-0.25, -0.2) is 4.98 Å². The monoisotopic (exact) mass is 294 g/mol. The predicted molar refractivity (Wildman–Crippen MR) is 76.8 cm³/mol. The number of hydrogen-bond acceptors (Lipinski definition) is 4. The first-order valence-corrected chi connectivity index (χ1v) is 7.05. The minimum atomic E-state index is -0.143. The van der Waals surface area contributed by atoms with E-state index in [0.29, 0.717) is 44.0 Å². The number of carbonyl (C=O) groups excluding carboxylic acids is 2. The quantitative estimate of drug-likeness (QED) is 0.798. The number of hydrogen-bond donors (Lipinski definition) is 1. The molecule has 0 bridgehead atoms. The lowest BCUT2D eigenvalue weighted by Gasteiger charge is -2.16. The van der Waals surface area contributed by atoms with Crippen LogP contribution in [-0.4, -0.2) is 59.6 Å². The van der Waals surface area contributed by atoms with Crippen molar-refractivity contribution in [1.82, 2.24) is 19.8 Å². The highest BCUT2D eigenvalue weighted by atomic mass is 16.5. The van der Waals surface area contributed by atoms with Gasteiger partial charge in [0.05, 0.1) is 18.6 Å². The molecule has 116 valence electrons. The molecule has 2 heterocycles. The van der Waals surface area contributed by atoms with Crippen LogP contribution in [0.3, 0.4) is 0 Å². The highest BCUT2D eigenvalue weighted by molar-refractivity contribution is 5.93. The third-order valence-corrected chi connectivity index (χ3v) is 3.75. The smallest absolute Gasteiger partial charge is 0.269 e. The van der Waals surface area contributed by atoms with Gasteiger partial charge in [0.25, 0.3) is 5.91 Å². The molecule has 1 saturated heterocycles. The standard InChI is InChI=1S/C14H22N4O3/c1-10-13(17(2)9-16-10)14(20)15-7-11-6-12(19)18(8-11)4-5-21-3/h9,11H,4-8H2,1-3H3,(H,15,20)/t11-/m1/s1. The molecule has 1 aliphatic rings. The molecule has 1 atom stereocenters. The summed E-state index contributed by atoms with van der Waals surface area (Å²) >= 11 is 0. The topological polar surface area (TPSA) is 76.5 Å². The van der Waals surface area contributed by atoms with E-state index in [-0.39, 0.29) is 17.7 Å². The molecule has 1 N–H and O–H groups in total. The van der Waals surface area contributed by atoms with Crippen molar-refractivity contribution in [2.24, 2.45) is 13.0 Å². The molecule has 1 aliphatic heterocycles. The summed E-state index contributed by atoms with van der Waals surface area (Å²) in [6.07, 6.45) is 2.10. The molecule has 0 unspecified atom stereocenters. The Bertz CT molecular complexity index is 507. The van der Waals surface area contributed by atoms with Crippen LogP contribution in [0.2, 0.25) is 0 Å². The van der Waals surface area contributed by atoms with Crippen LogP contribution in [0, 0.1) is 12.8 Å². The molecular formula is C14H22N4O3. The zero-order chi connectivity index (χ0) is 15.4. The molecular weight excluding hydrogens is 272 g/mol. The number of carbonyl (C=O) groups is 2. The molecule has 0 saturated carbocycles. The molecule has 0 radical (unpaired) electrons. The lowest BCUT2D eigenvalue weighted by Crippen LogP contribution is -2.33. The SMILES string of the molecule is COCCN1C[C@@H](CNC(=O)c2c(C)ncn2C)CC1=O. The Hall–Kier alpha value is -1.89. The van der Waals surface area contributed by atoms with E-state index in [2.05, 4.69) is 10.3 Å². The predicted octanol–water partition coefficient (Wildman–Crippen LogP) is -0.0468. The van der Waals surface area contributed by atoms with Crippen molar-refractivity contribution >= 4 is 11.8 Å². The third kappa shape index (κ3) is 3.60. The molecule has 2 rings (SSSR count). The minimum Gasteiger partial charge on any atom is -0.383 e. The van der Waals surface area contributed by atoms with Gasteiger partial charge in [0, 0.05) is 46.1 Å². The van der Waals surface area contributed by atoms with Crippen LogP contribution in [0.25, 0.3) is 0 Å². The van der Waals surface area contributed by atoms with Crippen LogP contribution in [0.4, 0.5) is 0 Å². The molecule has 0 spiro atoms. The van der Waals surface area contributed by atoms with Crippen molar-refractivity contribution in [3.8, 4) is 0 Å². The van der Waals surface area contributed by atoms with Gasteiger partial charge < -0.3 is 19.5 Å². The highest BCUT2D eigenvalue weighted by Gasteiger charge is 2.29. The van der Waals surface area contributed by atoms with Gasteiger partial charge >= 0.3 is 0 Å². The van der Waals surface area contributed by atoms with Crippen molar-refractivity contribution in [3.63, 3.8) is 0 Å². The lowest BCUT2D eigenvalue weighted by molar-refractivity contribution is -0.128. The second-order valence-electron chi connectivity index (χ2n) is 5.40. The second kappa shape index (κ2) is 6.71. The van der Waals surface area contributed by atoms with Crippen LogP contribution < -0.4 is 5.32 Å². The largest absolute Gasteiger partial charge is 0.383 e. The van der Waals surface area contributed by atoms with Crippen molar-refractivity contribution in [1.29, 1.82) is 0 Å². The molecule has 0 aromatic carbocycles. The van der Waals surface area contributed by atoms with Crippen LogP contribution in [-0.2, 0) is 16.6 Å². The summed E-state index contributed by atoms with van der Waals surface area (Å²) in [6, 6.07) is 0. The van der Waals surface area contributed by atoms with Gasteiger partial charge in [-0.1, -0.05) is 0 Å². The van der Waals surface area contributed by atoms with Gasteiger partial charge in [-0.3, -0.25) is 9.59 Å². The molecule has 0 aliphatic carbocycles. The Morgan fingerprint density at radius 2 is 2.33 bits per heavy atom. The van der Waals surface area contributed by atoms with Crippen molar-refractivity contribution in [2.45, 2.75) is 13.3 Å². The third-order valence-electron chi connectivity index (χ3n) is 3.75. The van der Waals surface area contributed by atoms with Crippen molar-refractivity contribution in [2.75, 3.05) is 33.4 Å². The Balaban J connectivity index is 1.84. The number of aromatic nitrogens is 2. The Morgan fingerprint density at radius 1 is 1.57 bits per heavy atom. The van der Waals surface area contributed by atoms with Crippen molar-refractivity contribution in [3.05, 3.63) is 17.7 Å². The molecule has 1 aromatic heterocycles. The fourth-order valence-corrected chi connectivity index (χ4v) is 2.60. The molecule has 21 heavy (non-hydrogen) atoms. The molecule has 7 heteroatoms. The lowest BCUT2D eigenvalue weighted by atomic mass is 10.1. The summed E-state index contributed by atoms with van der Waals surface area (Å²) in [5.41, 5.74) is 1.27. The number of ether oxygens (including phenoxy) is 1. The van der Waals surface area contributed by atoms with Gasteiger partial charge in [0.15, 0.2) is 0 Å². The Labute approximate surface area is 124 Å². The molecule has 7 nitrogen and oxygen atoms in total. The molecule has 1 fully saturated rings. The maximum atomic E-state index is 12.1. The number of likely N-dealkylation sites (tertiary alicyclic amines) is 1. The van der Waals surface area contributed by atoms with E-state index in [1.807, 2.05) is 0 Å². The van der Waals surface area contributed by atoms with Gasteiger partial charge in [-0.2, -0.15) is 0 Å². The average molecular weight is 294 g/mol. The Kier molecular flexibility index (Phi) is 4.95. The summed E-state index contributed by atoms with van der Waals surface area (Å²) < 4.78 is 6.69. The van der Waals surface area contributed by atoms with Gasteiger partial charge in [0.1, 0.15) is 5.69 Å². The average Bonchev–Trinajstić information content (AvgIpc) is 2.97. The first-order valence-electron chi connectivity index (χ1n) is 7.05. The van der Waals surface area contributed by atoms with Crippen LogP contribution in [0.5, 0.6) is 0 Å². The van der Waals surface area contributed by atoms with E-state index >= 15 is 0 Å². The zero-order valence-electron chi connectivity index (χ0n) is 12.8. The molecule has 1 aromatic rings. The number of rotatable bonds is 6. The fourth-order valence-electron chi connectivity index (χ4n) is 2.60. The van der Waals surface area contributed by atoms with Gasteiger partial charge in [0.2, 0.25) is 5.91 Å². The zero-order valence-corrected chi connectivity index (χ0v) is 12.8. The normalized spacial score (nSPS) is 18.3. The van der Waals surface area contributed by atoms with E-state index in [1.54, 1.807) is 36.9 Å². The first kappa shape index (κ1) is 15.5. The summed E-state index contributed by atoms with van der Waals surface area (Å²) in [4.78, 5) is 29.9. The Morgan fingerprint density at radius 3 is 2.95 bits per heavy atom. The highest BCUT2D eigenvalue weighted by Crippen LogP contribution is 2.16. The maximum absolute atomic E-state index is 12.1. The first-order chi connectivity index (χ1) is 10.0. The summed E-state index contributed by atoms with van der Waals surface area (Å²) in [5, 5.41) is 2.90. The van der Waals surface area contributed by atoms with E-state index in [0.717, 1.165) is 0 Å². The number of methoxy groups -OCH3 is 1. The minimum absolute atomic E-state index is 0.128. The number of aryl methyl sites for hydroxylation is 2. The van der Waals surface area contributed by atoms with E-state index in [4.69, 9.17) is 4.74 Å². The fraction of sp³-hybridized carbons (Fsp3) is 0.643. The summed E-state index contributed by atoms with van der Waals surface area (Å²) in [7, 11) is 3.41. The number of nitrogens with zero attached hydrogens (tertiary/aromatic N) is 3. The van der Waals surface area contributed by atoms with E-state index in [9.17, 15) is 9.59 Å². The molecule has 2 amide bonds. The number of imidazole rings is 1. The van der Waals surface area contributed by atoms with Gasteiger partial charge in [-0.05, 0) is 6.92 Å². The van der Waals surface area contributed by atoms with E-state index < -0.39 is 0 Å².